The highest BCUT2D eigenvalue weighted by Crippen LogP contribution is 1.95. The number of hydrogen-bond donors (Lipinski definition) is 2. The molecule has 5 nitrogen and oxygen atoms in total. The van der Waals surface area contributed by atoms with Gasteiger partial charge in [0.15, 0.2) is 0 Å². The largest absolute Gasteiger partial charge is 0.383 e. The molecule has 0 heterocycles. The quantitative estimate of drug-likeness (QED) is 0.533. The lowest BCUT2D eigenvalue weighted by Gasteiger charge is -2.10. The van der Waals surface area contributed by atoms with Crippen LogP contribution in [0.3, 0.4) is 0 Å². The summed E-state index contributed by atoms with van der Waals surface area (Å²) < 4.78 is 16.1. The highest BCUT2D eigenvalue weighted by Gasteiger charge is 2.18. The molecule has 0 bridgehead atoms. The second-order valence-corrected chi connectivity index (χ2v) is 4.68. The average molecular weight is 222 g/mol. The first-order valence-electron chi connectivity index (χ1n) is 4.47. The molecule has 0 aromatic carbocycles. The molecule has 0 aliphatic rings. The van der Waals surface area contributed by atoms with Crippen LogP contribution in [0, 0.1) is 0 Å². The molecule has 2 atom stereocenters. The van der Waals surface area contributed by atoms with E-state index >= 15 is 0 Å². The zero-order chi connectivity index (χ0) is 11.0. The molecule has 0 aromatic rings. The van der Waals surface area contributed by atoms with Gasteiger partial charge in [0.2, 0.25) is 5.91 Å². The molecule has 0 saturated carbocycles. The van der Waals surface area contributed by atoms with Crippen molar-refractivity contribution in [1.29, 1.82) is 0 Å². The van der Waals surface area contributed by atoms with Crippen molar-refractivity contribution in [3.05, 3.63) is 0 Å². The minimum absolute atomic E-state index is 0.214. The molecule has 0 rings (SSSR count). The van der Waals surface area contributed by atoms with Gasteiger partial charge in [0.1, 0.15) is 5.25 Å². The lowest BCUT2D eigenvalue weighted by molar-refractivity contribution is -0.120. The number of nitrogens with one attached hydrogen (secondary N) is 1. The van der Waals surface area contributed by atoms with E-state index in [2.05, 4.69) is 5.32 Å². The van der Waals surface area contributed by atoms with Crippen molar-refractivity contribution >= 4 is 16.7 Å². The lowest BCUT2D eigenvalue weighted by Crippen LogP contribution is -2.38. The molecule has 1 amide bonds. The summed E-state index contributed by atoms with van der Waals surface area (Å²) in [6.45, 7) is 2.87. The Kier molecular flexibility index (Phi) is 7.64. The van der Waals surface area contributed by atoms with E-state index in [9.17, 15) is 9.00 Å². The van der Waals surface area contributed by atoms with Crippen LogP contribution in [0.25, 0.3) is 0 Å². The number of rotatable bonds is 7. The second-order valence-electron chi connectivity index (χ2n) is 2.80. The van der Waals surface area contributed by atoms with Crippen LogP contribution in [0.5, 0.6) is 0 Å². The molecule has 6 heteroatoms. The lowest BCUT2D eigenvalue weighted by atomic mass is 10.4. The van der Waals surface area contributed by atoms with Crippen LogP contribution < -0.4 is 11.1 Å². The third-order valence-corrected chi connectivity index (χ3v) is 3.33. The normalized spacial score (nSPS) is 14.8. The van der Waals surface area contributed by atoms with Crippen LogP contribution >= 0.6 is 0 Å². The Morgan fingerprint density at radius 1 is 1.64 bits per heavy atom. The van der Waals surface area contributed by atoms with E-state index in [1.54, 1.807) is 14.0 Å². The monoisotopic (exact) mass is 222 g/mol. The predicted molar refractivity (Wildman–Crippen MR) is 56.4 cm³/mol. The summed E-state index contributed by atoms with van der Waals surface area (Å²) >= 11 is 0. The molecular weight excluding hydrogens is 204 g/mol. The highest BCUT2D eigenvalue weighted by atomic mass is 32.2. The molecule has 84 valence electrons. The van der Waals surface area contributed by atoms with Gasteiger partial charge in [0.25, 0.3) is 0 Å². The van der Waals surface area contributed by atoms with Crippen molar-refractivity contribution in [2.75, 3.05) is 32.6 Å². The van der Waals surface area contributed by atoms with Crippen molar-refractivity contribution in [2.45, 2.75) is 12.2 Å². The molecule has 0 aliphatic carbocycles. The zero-order valence-electron chi connectivity index (χ0n) is 8.62. The minimum Gasteiger partial charge on any atom is -0.383 e. The minimum atomic E-state index is -1.18. The molecule has 0 saturated heterocycles. The van der Waals surface area contributed by atoms with Crippen LogP contribution in [0.15, 0.2) is 0 Å². The number of methoxy groups -OCH3 is 1. The average Bonchev–Trinajstić information content (AvgIpc) is 2.17. The summed E-state index contributed by atoms with van der Waals surface area (Å²) in [6, 6.07) is 0. The fourth-order valence-electron chi connectivity index (χ4n) is 0.832. The summed E-state index contributed by atoms with van der Waals surface area (Å²) in [4.78, 5) is 11.3. The SMILES string of the molecule is COCCNC(=O)C(C)S(=O)CCN. The Morgan fingerprint density at radius 2 is 2.29 bits per heavy atom. The van der Waals surface area contributed by atoms with Gasteiger partial charge in [0, 0.05) is 36.8 Å². The topological polar surface area (TPSA) is 81.4 Å². The van der Waals surface area contributed by atoms with Crippen LogP contribution in [0.4, 0.5) is 0 Å². The van der Waals surface area contributed by atoms with Crippen LogP contribution in [0.1, 0.15) is 6.92 Å². The third-order valence-electron chi connectivity index (χ3n) is 1.69. The smallest absolute Gasteiger partial charge is 0.235 e. The van der Waals surface area contributed by atoms with Gasteiger partial charge in [-0.2, -0.15) is 0 Å². The van der Waals surface area contributed by atoms with Gasteiger partial charge in [-0.25, -0.2) is 0 Å². The van der Waals surface area contributed by atoms with Crippen molar-refractivity contribution in [2.24, 2.45) is 5.73 Å². The summed E-state index contributed by atoms with van der Waals surface area (Å²) in [6.07, 6.45) is 0. The van der Waals surface area contributed by atoms with Crippen LogP contribution in [0.2, 0.25) is 0 Å². The molecule has 0 radical (unpaired) electrons. The standard InChI is InChI=1S/C8H18N2O3S/c1-7(14(12)6-3-9)8(11)10-4-5-13-2/h7H,3-6,9H2,1-2H3,(H,10,11). The number of hydrogen-bond acceptors (Lipinski definition) is 4. The van der Waals surface area contributed by atoms with Gasteiger partial charge in [-0.05, 0) is 6.92 Å². The summed E-state index contributed by atoms with van der Waals surface area (Å²) in [7, 11) is 0.380. The van der Waals surface area contributed by atoms with E-state index in [0.29, 0.717) is 25.4 Å². The van der Waals surface area contributed by atoms with Gasteiger partial charge >= 0.3 is 0 Å². The van der Waals surface area contributed by atoms with Gasteiger partial charge in [-0.3, -0.25) is 9.00 Å². The number of amides is 1. The number of nitrogens with two attached hydrogens (primary N) is 1. The maximum absolute atomic E-state index is 11.4. The van der Waals surface area contributed by atoms with E-state index < -0.39 is 16.0 Å². The molecule has 0 fully saturated rings. The van der Waals surface area contributed by atoms with Gasteiger partial charge in [0.05, 0.1) is 6.61 Å². The second kappa shape index (κ2) is 7.90. The van der Waals surface area contributed by atoms with Crippen molar-refractivity contribution in [3.8, 4) is 0 Å². The summed E-state index contributed by atoms with van der Waals surface area (Å²) in [5, 5.41) is 2.12. The number of carbonyl (C=O) groups is 1. The zero-order valence-corrected chi connectivity index (χ0v) is 9.43. The Bertz CT molecular complexity index is 199. The number of ether oxygens (including phenoxy) is 1. The summed E-state index contributed by atoms with van der Waals surface area (Å²) in [5.74, 6) is 0.146. The van der Waals surface area contributed by atoms with Crippen LogP contribution in [-0.2, 0) is 20.3 Å². The molecular formula is C8H18N2O3S. The fraction of sp³-hybridized carbons (Fsp3) is 0.875. The van der Waals surface area contributed by atoms with Crippen molar-refractivity contribution in [3.63, 3.8) is 0 Å². The Balaban J connectivity index is 3.80. The first-order chi connectivity index (χ1) is 6.63. The van der Waals surface area contributed by atoms with Gasteiger partial charge < -0.3 is 15.8 Å². The van der Waals surface area contributed by atoms with E-state index in [1.165, 1.54) is 0 Å². The molecule has 14 heavy (non-hydrogen) atoms. The number of carbonyl (C=O) groups excluding carboxylic acids is 1. The first kappa shape index (κ1) is 13.5. The van der Waals surface area contributed by atoms with E-state index in [-0.39, 0.29) is 5.91 Å². The van der Waals surface area contributed by atoms with E-state index in [1.807, 2.05) is 0 Å². The van der Waals surface area contributed by atoms with Crippen molar-refractivity contribution in [1.82, 2.24) is 5.32 Å². The Labute approximate surface area is 86.8 Å². The summed E-state index contributed by atoms with van der Waals surface area (Å²) in [5.41, 5.74) is 5.24. The first-order valence-corrected chi connectivity index (χ1v) is 5.85. The van der Waals surface area contributed by atoms with Gasteiger partial charge in [-0.15, -0.1) is 0 Å². The Hall–Kier alpha value is -0.460. The maximum atomic E-state index is 11.4. The Morgan fingerprint density at radius 3 is 2.79 bits per heavy atom. The van der Waals surface area contributed by atoms with Crippen molar-refractivity contribution < 1.29 is 13.7 Å². The molecule has 0 spiro atoms. The molecule has 2 unspecified atom stereocenters. The molecule has 0 aromatic heterocycles. The van der Waals surface area contributed by atoms with E-state index in [0.717, 1.165) is 0 Å². The van der Waals surface area contributed by atoms with Gasteiger partial charge in [-0.1, -0.05) is 0 Å². The van der Waals surface area contributed by atoms with E-state index in [4.69, 9.17) is 10.5 Å². The third kappa shape index (κ3) is 5.31. The predicted octanol–water partition coefficient (Wildman–Crippen LogP) is -1.16. The fourth-order valence-corrected chi connectivity index (χ4v) is 1.74. The molecule has 0 aliphatic heterocycles. The maximum Gasteiger partial charge on any atom is 0.235 e. The van der Waals surface area contributed by atoms with Crippen LogP contribution in [-0.4, -0.2) is 47.9 Å². The highest BCUT2D eigenvalue weighted by molar-refractivity contribution is 7.86. The molecule has 3 N–H and O–H groups in total.